The van der Waals surface area contributed by atoms with Gasteiger partial charge in [-0.25, -0.2) is 0 Å². The third-order valence-corrected chi connectivity index (χ3v) is 13.0. The third kappa shape index (κ3) is 5.64. The number of hydrogen-bond acceptors (Lipinski definition) is 6. The van der Waals surface area contributed by atoms with Crippen molar-refractivity contribution in [3.8, 4) is 0 Å². The summed E-state index contributed by atoms with van der Waals surface area (Å²) < 4.78 is 11.9. The van der Waals surface area contributed by atoms with Gasteiger partial charge in [0, 0.05) is 0 Å². The van der Waals surface area contributed by atoms with Gasteiger partial charge in [-0.15, -0.1) is 0 Å². The highest BCUT2D eigenvalue weighted by Gasteiger charge is 2.59. The van der Waals surface area contributed by atoms with Crippen molar-refractivity contribution in [2.45, 2.75) is 130 Å². The highest BCUT2D eigenvalue weighted by Crippen LogP contribution is 2.67. The second kappa shape index (κ2) is 12.3. The number of fused-ring (bicyclic) bond motifs is 5. The minimum absolute atomic E-state index is 0.0918. The van der Waals surface area contributed by atoms with Crippen LogP contribution < -0.4 is 0 Å². The summed E-state index contributed by atoms with van der Waals surface area (Å²) in [4.78, 5) is 0. The van der Waals surface area contributed by atoms with Gasteiger partial charge in [-0.2, -0.15) is 0 Å². The lowest BCUT2D eigenvalue weighted by Gasteiger charge is -2.59. The van der Waals surface area contributed by atoms with Gasteiger partial charge in [-0.05, 0) is 110 Å². The van der Waals surface area contributed by atoms with E-state index in [2.05, 4.69) is 65.8 Å². The minimum Gasteiger partial charge on any atom is -0.394 e. The number of aliphatic hydroxyl groups excluding tert-OH is 4. The molecular formula is C35H58O6. The zero-order valence-electron chi connectivity index (χ0n) is 26.4. The van der Waals surface area contributed by atoms with E-state index in [-0.39, 0.29) is 11.5 Å². The second-order valence-corrected chi connectivity index (χ2v) is 15.3. The molecule has 4 fully saturated rings. The fourth-order valence-corrected chi connectivity index (χ4v) is 10.3. The Bertz CT molecular complexity index is 947. The monoisotopic (exact) mass is 574 g/mol. The van der Waals surface area contributed by atoms with Gasteiger partial charge in [0.25, 0.3) is 0 Å². The van der Waals surface area contributed by atoms with Gasteiger partial charge in [-0.1, -0.05) is 65.8 Å². The summed E-state index contributed by atoms with van der Waals surface area (Å²) in [5.41, 5.74) is 0.645. The zero-order chi connectivity index (χ0) is 29.7. The summed E-state index contributed by atoms with van der Waals surface area (Å²) >= 11 is 0. The van der Waals surface area contributed by atoms with Gasteiger partial charge in [0.15, 0.2) is 6.29 Å². The fraction of sp³-hybridized carbons (Fsp3) is 0.886. The Hall–Kier alpha value is -0.760. The normalized spacial score (nSPS) is 49.5. The Morgan fingerprint density at radius 1 is 0.902 bits per heavy atom. The summed E-state index contributed by atoms with van der Waals surface area (Å²) in [6, 6.07) is 0. The highest BCUT2D eigenvalue weighted by atomic mass is 16.7. The summed E-state index contributed by atoms with van der Waals surface area (Å²) in [6.45, 7) is 14.2. The molecule has 4 aliphatic carbocycles. The van der Waals surface area contributed by atoms with Gasteiger partial charge in [0.05, 0.1) is 12.7 Å². The van der Waals surface area contributed by atoms with E-state index >= 15 is 0 Å². The van der Waals surface area contributed by atoms with E-state index in [1.807, 2.05) is 0 Å². The number of hydrogen-bond donors (Lipinski definition) is 4. The maximum atomic E-state index is 10.5. The molecule has 3 saturated carbocycles. The molecule has 6 nitrogen and oxygen atoms in total. The van der Waals surface area contributed by atoms with E-state index in [1.54, 1.807) is 0 Å². The summed E-state index contributed by atoms with van der Waals surface area (Å²) in [5.74, 6) is 5.28. The van der Waals surface area contributed by atoms with Crippen molar-refractivity contribution in [2.24, 2.45) is 58.2 Å². The lowest BCUT2D eigenvalue weighted by atomic mass is 9.46. The van der Waals surface area contributed by atoms with Crippen LogP contribution in [0.4, 0.5) is 0 Å². The van der Waals surface area contributed by atoms with E-state index in [0.717, 1.165) is 31.1 Å². The van der Waals surface area contributed by atoms with Gasteiger partial charge in [0.2, 0.25) is 0 Å². The third-order valence-electron chi connectivity index (χ3n) is 13.0. The van der Waals surface area contributed by atoms with Crippen LogP contribution in [0.5, 0.6) is 0 Å². The SMILES string of the molecule is CC[C@H](/C=C/[C@@H](C)[C@H]1CC[C@H]2[C@@H]3C=C[C@@H]4C[C@@H](O[C@@H]5O[C@H](CO)[C@@H](O)[C@H](O)[C@H]5O)CC[C@]4(C)[C@H]3CC[C@]12C)C(C)C. The molecule has 0 amide bonds. The minimum atomic E-state index is -1.40. The summed E-state index contributed by atoms with van der Waals surface area (Å²) in [5, 5.41) is 40.4. The molecule has 41 heavy (non-hydrogen) atoms. The molecule has 0 aromatic heterocycles. The Kier molecular flexibility index (Phi) is 9.51. The second-order valence-electron chi connectivity index (χ2n) is 15.3. The molecule has 1 aliphatic heterocycles. The molecule has 0 bridgehead atoms. The van der Waals surface area contributed by atoms with Crippen LogP contribution in [0.2, 0.25) is 0 Å². The van der Waals surface area contributed by atoms with Crippen LogP contribution in [0.3, 0.4) is 0 Å². The molecular weight excluding hydrogens is 516 g/mol. The first-order valence-electron chi connectivity index (χ1n) is 16.8. The first-order valence-corrected chi connectivity index (χ1v) is 16.8. The standard InChI is InChI=1S/C35H58O6/c1-7-22(20(2)3)9-8-21(4)26-12-13-27-25-11-10-23-18-24(14-16-34(23,5)28(25)15-17-35(26,27)6)40-33-32(39)31(38)30(37)29(19-36)41-33/h8-11,20-33,36-39H,7,12-19H2,1-6H3/b9-8+/t21-,22-,23-,24+,25+,26-,27+,28+,29-,30-,31+,32-,33-,34+,35-/m1/s1. The average molecular weight is 575 g/mol. The first kappa shape index (κ1) is 31.7. The lowest BCUT2D eigenvalue weighted by Crippen LogP contribution is -2.60. The van der Waals surface area contributed by atoms with Crippen LogP contribution in [-0.4, -0.2) is 63.8 Å². The molecule has 4 N–H and O–H groups in total. The number of allylic oxidation sites excluding steroid dienone is 4. The van der Waals surface area contributed by atoms with E-state index in [1.165, 1.54) is 32.1 Å². The largest absolute Gasteiger partial charge is 0.394 e. The van der Waals surface area contributed by atoms with Crippen molar-refractivity contribution in [1.29, 1.82) is 0 Å². The molecule has 234 valence electrons. The van der Waals surface area contributed by atoms with Gasteiger partial charge < -0.3 is 29.9 Å². The Labute approximate surface area is 248 Å². The van der Waals surface area contributed by atoms with Crippen molar-refractivity contribution < 1.29 is 29.9 Å². The molecule has 0 aromatic carbocycles. The predicted octanol–water partition coefficient (Wildman–Crippen LogP) is 5.48. The maximum Gasteiger partial charge on any atom is 0.186 e. The van der Waals surface area contributed by atoms with Gasteiger partial charge in [-0.3, -0.25) is 0 Å². The molecule has 5 aliphatic rings. The Morgan fingerprint density at radius 3 is 2.29 bits per heavy atom. The first-order chi connectivity index (χ1) is 19.4. The molecule has 0 radical (unpaired) electrons. The van der Waals surface area contributed by atoms with Crippen molar-refractivity contribution in [3.63, 3.8) is 0 Å². The van der Waals surface area contributed by atoms with Gasteiger partial charge >= 0.3 is 0 Å². The number of ether oxygens (including phenoxy) is 2. The van der Waals surface area contributed by atoms with Crippen LogP contribution >= 0.6 is 0 Å². The van der Waals surface area contributed by atoms with E-state index in [4.69, 9.17) is 9.47 Å². The molecule has 0 unspecified atom stereocenters. The van der Waals surface area contributed by atoms with Crippen LogP contribution in [0, 0.1) is 58.2 Å². The molecule has 15 atom stereocenters. The maximum absolute atomic E-state index is 10.5. The summed E-state index contributed by atoms with van der Waals surface area (Å²) in [7, 11) is 0. The van der Waals surface area contributed by atoms with Crippen LogP contribution in [0.15, 0.2) is 24.3 Å². The topological polar surface area (TPSA) is 99.4 Å². The molecule has 6 heteroatoms. The van der Waals surface area contributed by atoms with Crippen molar-refractivity contribution in [3.05, 3.63) is 24.3 Å². The van der Waals surface area contributed by atoms with Crippen LogP contribution in [0.25, 0.3) is 0 Å². The van der Waals surface area contributed by atoms with Crippen molar-refractivity contribution >= 4 is 0 Å². The number of aliphatic hydroxyl groups is 4. The number of rotatable bonds is 8. The van der Waals surface area contributed by atoms with E-state index in [0.29, 0.717) is 40.9 Å². The van der Waals surface area contributed by atoms with Crippen LogP contribution in [0.1, 0.15) is 92.9 Å². The average Bonchev–Trinajstić information content (AvgIpc) is 3.30. The molecule has 1 heterocycles. The van der Waals surface area contributed by atoms with Crippen molar-refractivity contribution in [1.82, 2.24) is 0 Å². The van der Waals surface area contributed by atoms with E-state index < -0.39 is 37.3 Å². The molecule has 1 saturated heterocycles. The predicted molar refractivity (Wildman–Crippen MR) is 161 cm³/mol. The van der Waals surface area contributed by atoms with Crippen molar-refractivity contribution in [2.75, 3.05) is 6.61 Å². The van der Waals surface area contributed by atoms with Crippen LogP contribution in [-0.2, 0) is 9.47 Å². The Morgan fingerprint density at radius 2 is 1.61 bits per heavy atom. The smallest absolute Gasteiger partial charge is 0.186 e. The zero-order valence-corrected chi connectivity index (χ0v) is 26.4. The van der Waals surface area contributed by atoms with Gasteiger partial charge in [0.1, 0.15) is 24.4 Å². The lowest BCUT2D eigenvalue weighted by molar-refractivity contribution is -0.315. The Balaban J connectivity index is 1.26. The molecule has 5 rings (SSSR count). The quantitative estimate of drug-likeness (QED) is 0.287. The molecule has 0 aromatic rings. The summed E-state index contributed by atoms with van der Waals surface area (Å²) in [6.07, 6.45) is 13.3. The highest BCUT2D eigenvalue weighted by molar-refractivity contribution is 5.19. The molecule has 0 spiro atoms. The van der Waals surface area contributed by atoms with E-state index in [9.17, 15) is 20.4 Å². The fourth-order valence-electron chi connectivity index (χ4n) is 10.3.